The van der Waals surface area contributed by atoms with E-state index in [0.717, 1.165) is 35.0 Å². The zero-order valence-electron chi connectivity index (χ0n) is 15.7. The molecule has 2 N–H and O–H groups in total. The number of rotatable bonds is 5. The van der Waals surface area contributed by atoms with Gasteiger partial charge in [-0.15, -0.1) is 0 Å². The number of para-hydroxylation sites is 1. The Bertz CT molecular complexity index is 1030. The molecule has 1 atom stereocenters. The van der Waals surface area contributed by atoms with Crippen LogP contribution in [0, 0.1) is 6.92 Å². The molecule has 27 heavy (non-hydrogen) atoms. The third-order valence-corrected chi connectivity index (χ3v) is 4.75. The molecule has 0 saturated heterocycles. The third-order valence-electron chi connectivity index (χ3n) is 4.75. The molecule has 0 unspecified atom stereocenters. The number of ether oxygens (including phenoxy) is 1. The number of aryl methyl sites for hydroxylation is 1. The normalized spacial score (nSPS) is 16.3. The van der Waals surface area contributed by atoms with Crippen molar-refractivity contribution in [2.45, 2.75) is 39.7 Å². The third kappa shape index (κ3) is 2.89. The van der Waals surface area contributed by atoms with Gasteiger partial charge in [0.05, 0.1) is 12.2 Å². The molecule has 1 aliphatic heterocycles. The summed E-state index contributed by atoms with van der Waals surface area (Å²) in [5.74, 6) is 0.991. The highest BCUT2D eigenvalue weighted by atomic mass is 16.5. The molecule has 1 aromatic carbocycles. The van der Waals surface area contributed by atoms with E-state index < -0.39 is 0 Å². The van der Waals surface area contributed by atoms with Crippen LogP contribution in [-0.4, -0.2) is 32.3 Å². The van der Waals surface area contributed by atoms with E-state index in [1.54, 1.807) is 4.68 Å². The highest BCUT2D eigenvalue weighted by molar-refractivity contribution is 5.94. The van der Waals surface area contributed by atoms with Crippen molar-refractivity contribution in [1.29, 1.82) is 0 Å². The highest BCUT2D eigenvalue weighted by Gasteiger charge is 2.36. The number of anilines is 1. The minimum absolute atomic E-state index is 0.317. The molecule has 0 amide bonds. The quantitative estimate of drug-likeness (QED) is 0.674. The van der Waals surface area contributed by atoms with E-state index >= 15 is 0 Å². The molecule has 3 heterocycles. The summed E-state index contributed by atoms with van der Waals surface area (Å²) in [7, 11) is 0. The summed E-state index contributed by atoms with van der Waals surface area (Å²) in [5.41, 5.74) is 3.45. The van der Waals surface area contributed by atoms with Crippen molar-refractivity contribution >= 4 is 22.8 Å². The molecular weight excluding hydrogens is 342 g/mol. The molecule has 7 nitrogen and oxygen atoms in total. The smallest absolute Gasteiger partial charge is 0.338 e. The molecule has 0 bridgehead atoms. The fourth-order valence-electron chi connectivity index (χ4n) is 3.68. The van der Waals surface area contributed by atoms with Gasteiger partial charge in [-0.2, -0.15) is 10.1 Å². The zero-order valence-corrected chi connectivity index (χ0v) is 15.7. The van der Waals surface area contributed by atoms with Gasteiger partial charge in [-0.05, 0) is 26.3 Å². The van der Waals surface area contributed by atoms with Crippen molar-refractivity contribution in [3.63, 3.8) is 0 Å². The van der Waals surface area contributed by atoms with Crippen LogP contribution in [0.25, 0.3) is 10.9 Å². The Kier molecular flexibility index (Phi) is 4.43. The average molecular weight is 365 g/mol. The van der Waals surface area contributed by atoms with Gasteiger partial charge in [0.1, 0.15) is 11.9 Å². The van der Waals surface area contributed by atoms with E-state index in [-0.39, 0.29) is 12.0 Å². The summed E-state index contributed by atoms with van der Waals surface area (Å²) < 4.78 is 7.20. The number of hydrogen-bond donors (Lipinski definition) is 2. The Morgan fingerprint density at radius 1 is 1.30 bits per heavy atom. The van der Waals surface area contributed by atoms with Crippen LogP contribution >= 0.6 is 0 Å². The second kappa shape index (κ2) is 6.90. The van der Waals surface area contributed by atoms with Crippen molar-refractivity contribution in [2.75, 3.05) is 11.9 Å². The van der Waals surface area contributed by atoms with E-state index in [9.17, 15) is 4.79 Å². The van der Waals surface area contributed by atoms with Gasteiger partial charge in [-0.3, -0.25) is 0 Å². The average Bonchev–Trinajstić information content (AvgIpc) is 3.23. The van der Waals surface area contributed by atoms with E-state index in [0.29, 0.717) is 24.0 Å². The van der Waals surface area contributed by atoms with Crippen molar-refractivity contribution in [3.8, 4) is 0 Å². The SMILES string of the molecule is CCCC1=C(C(=O)OCC)[C@H](c2c[nH]c3ccccc23)n2nc(C)nc2N1. The lowest BCUT2D eigenvalue weighted by molar-refractivity contribution is -0.139. The summed E-state index contributed by atoms with van der Waals surface area (Å²) in [4.78, 5) is 20.8. The molecule has 0 saturated carbocycles. The van der Waals surface area contributed by atoms with Gasteiger partial charge in [0.15, 0.2) is 0 Å². The van der Waals surface area contributed by atoms with Crippen molar-refractivity contribution < 1.29 is 9.53 Å². The van der Waals surface area contributed by atoms with Gasteiger partial charge in [0.2, 0.25) is 5.95 Å². The monoisotopic (exact) mass is 365 g/mol. The first-order valence-corrected chi connectivity index (χ1v) is 9.30. The van der Waals surface area contributed by atoms with Gasteiger partial charge in [0, 0.05) is 28.4 Å². The lowest BCUT2D eigenvalue weighted by Crippen LogP contribution is -2.30. The number of hydrogen-bond acceptors (Lipinski definition) is 5. The molecule has 0 fully saturated rings. The maximum Gasteiger partial charge on any atom is 0.338 e. The molecular formula is C20H23N5O2. The first kappa shape index (κ1) is 17.3. The number of H-pyrrole nitrogens is 1. The summed E-state index contributed by atoms with van der Waals surface area (Å²) in [6, 6.07) is 7.66. The van der Waals surface area contributed by atoms with Crippen LogP contribution in [0.1, 0.15) is 44.1 Å². The molecule has 0 radical (unpaired) electrons. The topological polar surface area (TPSA) is 84.8 Å². The van der Waals surface area contributed by atoms with Crippen molar-refractivity contribution in [2.24, 2.45) is 0 Å². The number of aromatic amines is 1. The van der Waals surface area contributed by atoms with Gasteiger partial charge >= 0.3 is 5.97 Å². The second-order valence-corrected chi connectivity index (χ2v) is 6.61. The number of fused-ring (bicyclic) bond motifs is 2. The molecule has 2 aromatic heterocycles. The van der Waals surface area contributed by atoms with Crippen LogP contribution in [0.15, 0.2) is 41.7 Å². The maximum absolute atomic E-state index is 12.9. The highest BCUT2D eigenvalue weighted by Crippen LogP contribution is 2.39. The molecule has 7 heteroatoms. The first-order chi connectivity index (χ1) is 13.1. The molecule has 0 spiro atoms. The maximum atomic E-state index is 12.9. The summed E-state index contributed by atoms with van der Waals surface area (Å²) in [6.07, 6.45) is 3.59. The summed E-state index contributed by atoms with van der Waals surface area (Å²) >= 11 is 0. The number of nitrogens with one attached hydrogen (secondary N) is 2. The van der Waals surface area contributed by atoms with Crippen LogP contribution in [-0.2, 0) is 9.53 Å². The number of allylic oxidation sites excluding steroid dienone is 1. The lowest BCUT2D eigenvalue weighted by Gasteiger charge is -2.29. The number of carbonyl (C=O) groups excluding carboxylic acids is 1. The Balaban J connectivity index is 1.96. The van der Waals surface area contributed by atoms with Gasteiger partial charge in [-0.25, -0.2) is 9.48 Å². The largest absolute Gasteiger partial charge is 0.463 e. The standard InChI is InChI=1S/C20H23N5O2/c1-4-8-16-17(19(26)27-5-2)18(25-20(23-16)22-12(3)24-25)14-11-21-15-10-7-6-9-13(14)15/h6-7,9-11,18,21H,4-5,8H2,1-3H3,(H,22,23,24)/t18-/m0/s1. The Morgan fingerprint density at radius 2 is 2.11 bits per heavy atom. The van der Waals surface area contributed by atoms with Crippen LogP contribution < -0.4 is 5.32 Å². The Hall–Kier alpha value is -3.09. The minimum Gasteiger partial charge on any atom is -0.463 e. The number of nitrogens with zero attached hydrogens (tertiary/aromatic N) is 3. The number of aromatic nitrogens is 4. The molecule has 3 aromatic rings. The molecule has 4 rings (SSSR count). The fraction of sp³-hybridized carbons (Fsp3) is 0.350. The Morgan fingerprint density at radius 3 is 2.89 bits per heavy atom. The van der Waals surface area contributed by atoms with Crippen molar-refractivity contribution in [1.82, 2.24) is 19.7 Å². The number of esters is 1. The molecule has 1 aliphatic rings. The first-order valence-electron chi connectivity index (χ1n) is 9.30. The van der Waals surface area contributed by atoms with Gasteiger partial charge < -0.3 is 15.0 Å². The molecule has 140 valence electrons. The van der Waals surface area contributed by atoms with Crippen LogP contribution in [0.3, 0.4) is 0 Å². The van der Waals surface area contributed by atoms with Crippen molar-refractivity contribution in [3.05, 3.63) is 53.1 Å². The van der Waals surface area contributed by atoms with E-state index in [1.807, 2.05) is 38.2 Å². The minimum atomic E-state index is -0.390. The second-order valence-electron chi connectivity index (χ2n) is 6.61. The van der Waals surface area contributed by atoms with Crippen LogP contribution in [0.2, 0.25) is 0 Å². The summed E-state index contributed by atoms with van der Waals surface area (Å²) in [6.45, 7) is 6.08. The van der Waals surface area contributed by atoms with Gasteiger partial charge in [0.25, 0.3) is 0 Å². The number of carbonyl (C=O) groups is 1. The van der Waals surface area contributed by atoms with E-state index in [1.165, 1.54) is 0 Å². The summed E-state index contributed by atoms with van der Waals surface area (Å²) in [5, 5.41) is 8.93. The van der Waals surface area contributed by atoms with Crippen LogP contribution in [0.4, 0.5) is 5.95 Å². The predicted molar refractivity (Wildman–Crippen MR) is 103 cm³/mol. The van der Waals surface area contributed by atoms with Gasteiger partial charge in [-0.1, -0.05) is 31.5 Å². The number of benzene rings is 1. The van der Waals surface area contributed by atoms with Crippen LogP contribution in [0.5, 0.6) is 0 Å². The molecule has 0 aliphatic carbocycles. The predicted octanol–water partition coefficient (Wildman–Crippen LogP) is 3.70. The fourth-order valence-corrected chi connectivity index (χ4v) is 3.68. The van der Waals surface area contributed by atoms with E-state index in [2.05, 4.69) is 33.4 Å². The zero-order chi connectivity index (χ0) is 19.0. The lowest BCUT2D eigenvalue weighted by atomic mass is 9.93. The van der Waals surface area contributed by atoms with E-state index in [4.69, 9.17) is 4.74 Å². The Labute approximate surface area is 157 Å².